The van der Waals surface area contributed by atoms with Crippen molar-refractivity contribution < 1.29 is 13.3 Å². The fourth-order valence-corrected chi connectivity index (χ4v) is 8.25. The predicted octanol–water partition coefficient (Wildman–Crippen LogP) is 13.9. The average Bonchev–Trinajstić information content (AvgIpc) is 3.98. The second kappa shape index (κ2) is 12.3. The minimum Gasteiger partial charge on any atom is -0.456 e. The minimum absolute atomic E-state index is 0.593. The summed E-state index contributed by atoms with van der Waals surface area (Å²) < 4.78 is 19.3. The number of nitrogens with zero attached hydrogens (tertiary/aromatic N) is 3. The number of para-hydroxylation sites is 4. The Balaban J connectivity index is 0.994. The van der Waals surface area contributed by atoms with Crippen molar-refractivity contribution in [2.75, 3.05) is 0 Å². The van der Waals surface area contributed by atoms with Crippen molar-refractivity contribution in [3.63, 3.8) is 0 Å². The molecule has 266 valence electrons. The summed E-state index contributed by atoms with van der Waals surface area (Å²) in [5.74, 6) is 1.80. The van der Waals surface area contributed by atoms with E-state index < -0.39 is 0 Å². The first-order chi connectivity index (χ1) is 28.2. The Morgan fingerprint density at radius 1 is 0.281 bits per heavy atom. The first kappa shape index (κ1) is 31.5. The molecule has 57 heavy (non-hydrogen) atoms. The molecule has 12 aromatic rings. The van der Waals surface area contributed by atoms with E-state index in [1.54, 1.807) is 0 Å². The lowest BCUT2D eigenvalue weighted by Crippen LogP contribution is -2.00. The van der Waals surface area contributed by atoms with Gasteiger partial charge in [0.15, 0.2) is 17.5 Å². The lowest BCUT2D eigenvalue weighted by Gasteiger charge is -2.11. The third-order valence-electron chi connectivity index (χ3n) is 11.0. The number of hydrogen-bond acceptors (Lipinski definition) is 6. The fraction of sp³-hybridized carbons (Fsp3) is 0. The molecule has 0 amide bonds. The molecule has 0 aliphatic heterocycles. The molecule has 0 atom stereocenters. The van der Waals surface area contributed by atoms with Crippen molar-refractivity contribution in [1.29, 1.82) is 0 Å². The van der Waals surface area contributed by atoms with E-state index in [0.29, 0.717) is 17.5 Å². The third kappa shape index (κ3) is 5.01. The summed E-state index contributed by atoms with van der Waals surface area (Å²) in [5.41, 5.74) is 11.9. The number of furan rings is 3. The van der Waals surface area contributed by atoms with Crippen molar-refractivity contribution in [3.05, 3.63) is 176 Å². The topological polar surface area (TPSA) is 78.1 Å². The van der Waals surface area contributed by atoms with E-state index >= 15 is 0 Å². The molecule has 0 aliphatic rings. The van der Waals surface area contributed by atoms with Gasteiger partial charge in [0.1, 0.15) is 33.5 Å². The summed E-state index contributed by atoms with van der Waals surface area (Å²) >= 11 is 0. The second-order valence-electron chi connectivity index (χ2n) is 14.3. The molecule has 0 aliphatic carbocycles. The van der Waals surface area contributed by atoms with Gasteiger partial charge in [-0.15, -0.1) is 0 Å². The molecule has 6 heteroatoms. The van der Waals surface area contributed by atoms with Crippen molar-refractivity contribution in [1.82, 2.24) is 15.0 Å². The Morgan fingerprint density at radius 3 is 1.53 bits per heavy atom. The zero-order valence-corrected chi connectivity index (χ0v) is 30.3. The molecule has 0 bridgehead atoms. The normalized spacial score (nSPS) is 11.9. The molecule has 4 heterocycles. The zero-order chi connectivity index (χ0) is 37.5. The first-order valence-electron chi connectivity index (χ1n) is 18.9. The van der Waals surface area contributed by atoms with Crippen molar-refractivity contribution in [2.24, 2.45) is 0 Å². The van der Waals surface area contributed by atoms with E-state index in [2.05, 4.69) is 84.9 Å². The van der Waals surface area contributed by atoms with Gasteiger partial charge in [0.05, 0.1) is 0 Å². The molecule has 6 nitrogen and oxygen atoms in total. The molecule has 0 fully saturated rings. The Kier molecular flexibility index (Phi) is 6.83. The number of hydrogen-bond donors (Lipinski definition) is 0. The molecule has 0 radical (unpaired) electrons. The standard InChI is InChI=1S/C51H29N3O3/c1-2-11-31(12-3-1)49-52-50(54-51(53-49)33-25-28-45-41(29-33)36-14-5-7-18-42(36)55-45)32-23-21-30(22-24-32)34-26-27-39(48-46(34)40-15-6-9-20-44(40)57-48)38-17-10-16-37-35-13-4-8-19-43(35)56-47(37)38/h1-29H. The molecule has 12 rings (SSSR count). The van der Waals surface area contributed by atoms with Crippen LogP contribution in [0.4, 0.5) is 0 Å². The molecule has 8 aromatic carbocycles. The van der Waals surface area contributed by atoms with Crippen LogP contribution >= 0.6 is 0 Å². The smallest absolute Gasteiger partial charge is 0.164 e. The van der Waals surface area contributed by atoms with Gasteiger partial charge in [0, 0.05) is 60.1 Å². The minimum atomic E-state index is 0.593. The predicted molar refractivity (Wildman–Crippen MR) is 229 cm³/mol. The summed E-state index contributed by atoms with van der Waals surface area (Å²) in [6.45, 7) is 0. The Labute approximate surface area is 325 Å². The van der Waals surface area contributed by atoms with Crippen LogP contribution in [0, 0.1) is 0 Å². The van der Waals surface area contributed by atoms with Crippen LogP contribution in [0.5, 0.6) is 0 Å². The summed E-state index contributed by atoms with van der Waals surface area (Å²) in [6.07, 6.45) is 0. The molecule has 4 aromatic heterocycles. The maximum atomic E-state index is 6.70. The van der Waals surface area contributed by atoms with E-state index in [4.69, 9.17) is 28.2 Å². The Bertz CT molecular complexity index is 3520. The Morgan fingerprint density at radius 2 is 0.772 bits per heavy atom. The van der Waals surface area contributed by atoms with Crippen LogP contribution in [-0.4, -0.2) is 15.0 Å². The highest BCUT2D eigenvalue weighted by Gasteiger charge is 2.21. The third-order valence-corrected chi connectivity index (χ3v) is 11.0. The molecule has 0 saturated heterocycles. The van der Waals surface area contributed by atoms with Gasteiger partial charge in [0.25, 0.3) is 0 Å². The van der Waals surface area contributed by atoms with Crippen LogP contribution in [0.3, 0.4) is 0 Å². The monoisotopic (exact) mass is 731 g/mol. The molecule has 0 N–H and O–H groups in total. The van der Waals surface area contributed by atoms with E-state index in [9.17, 15) is 0 Å². The summed E-state index contributed by atoms with van der Waals surface area (Å²) in [4.78, 5) is 15.1. The highest BCUT2D eigenvalue weighted by Crippen LogP contribution is 2.45. The zero-order valence-electron chi connectivity index (χ0n) is 30.3. The van der Waals surface area contributed by atoms with Crippen LogP contribution in [0.15, 0.2) is 189 Å². The van der Waals surface area contributed by atoms with Crippen molar-refractivity contribution in [3.8, 4) is 56.4 Å². The summed E-state index contributed by atoms with van der Waals surface area (Å²) in [6, 6.07) is 59.8. The van der Waals surface area contributed by atoms with Gasteiger partial charge >= 0.3 is 0 Å². The van der Waals surface area contributed by atoms with Crippen LogP contribution in [-0.2, 0) is 0 Å². The number of aromatic nitrogens is 3. The summed E-state index contributed by atoms with van der Waals surface area (Å²) in [7, 11) is 0. The largest absolute Gasteiger partial charge is 0.456 e. The van der Waals surface area contributed by atoms with Gasteiger partial charge < -0.3 is 13.3 Å². The Hall–Kier alpha value is -7.83. The van der Waals surface area contributed by atoms with Gasteiger partial charge in [0.2, 0.25) is 0 Å². The van der Waals surface area contributed by atoms with Crippen molar-refractivity contribution >= 4 is 65.8 Å². The maximum absolute atomic E-state index is 6.70. The van der Waals surface area contributed by atoms with E-state index in [1.807, 2.05) is 91.0 Å². The average molecular weight is 732 g/mol. The van der Waals surface area contributed by atoms with E-state index in [1.165, 1.54) is 0 Å². The van der Waals surface area contributed by atoms with Gasteiger partial charge in [-0.25, -0.2) is 15.0 Å². The molecule has 0 saturated carbocycles. The van der Waals surface area contributed by atoms with Gasteiger partial charge in [-0.3, -0.25) is 0 Å². The maximum Gasteiger partial charge on any atom is 0.164 e. The molecule has 0 spiro atoms. The van der Waals surface area contributed by atoms with Crippen LogP contribution in [0.1, 0.15) is 0 Å². The SMILES string of the molecule is c1ccc(-c2nc(-c3ccc(-c4ccc(-c5cccc6c5oc5ccccc56)c5oc6ccccc6c45)cc3)nc(-c3ccc4oc5ccccc5c4c3)n2)cc1. The highest BCUT2D eigenvalue weighted by molar-refractivity contribution is 6.19. The lowest BCUT2D eigenvalue weighted by molar-refractivity contribution is 0.665. The van der Waals surface area contributed by atoms with Gasteiger partial charge in [-0.05, 0) is 53.6 Å². The number of fused-ring (bicyclic) bond motifs is 9. The van der Waals surface area contributed by atoms with E-state index in [0.717, 1.165) is 105 Å². The molecular weight excluding hydrogens is 703 g/mol. The van der Waals surface area contributed by atoms with Gasteiger partial charge in [-0.1, -0.05) is 133 Å². The number of rotatable bonds is 5. The van der Waals surface area contributed by atoms with Gasteiger partial charge in [-0.2, -0.15) is 0 Å². The van der Waals surface area contributed by atoms with Crippen LogP contribution < -0.4 is 0 Å². The highest BCUT2D eigenvalue weighted by atomic mass is 16.3. The summed E-state index contributed by atoms with van der Waals surface area (Å²) in [5, 5.41) is 6.37. The van der Waals surface area contributed by atoms with Crippen LogP contribution in [0.25, 0.3) is 122 Å². The van der Waals surface area contributed by atoms with Crippen LogP contribution in [0.2, 0.25) is 0 Å². The fourth-order valence-electron chi connectivity index (χ4n) is 8.25. The van der Waals surface area contributed by atoms with E-state index in [-0.39, 0.29) is 0 Å². The molecule has 0 unspecified atom stereocenters. The quantitative estimate of drug-likeness (QED) is 0.175. The molecular formula is C51H29N3O3. The first-order valence-corrected chi connectivity index (χ1v) is 18.9. The second-order valence-corrected chi connectivity index (χ2v) is 14.3. The van der Waals surface area contributed by atoms with Crippen molar-refractivity contribution in [2.45, 2.75) is 0 Å². The number of benzene rings is 8. The lowest BCUT2D eigenvalue weighted by atomic mass is 9.93.